The maximum Gasteiger partial charge on any atom is 0.251 e. The minimum atomic E-state index is -0.547. The molecule has 3 aliphatic rings. The van der Waals surface area contributed by atoms with Crippen LogP contribution in [0.3, 0.4) is 0 Å². The SMILES string of the molecule is COc1cc(C(=O)N[C@H]2CC[C@H](N)CC2)ccc1Nc1ncc2c(n1)N(C1CCCC1)CC(C)(C)C(=O)N2C. The van der Waals surface area contributed by atoms with Crippen molar-refractivity contribution in [2.75, 3.05) is 35.8 Å². The van der Waals surface area contributed by atoms with Gasteiger partial charge in [0.15, 0.2) is 5.82 Å². The number of nitrogens with one attached hydrogen (secondary N) is 2. The zero-order chi connectivity index (χ0) is 27.7. The molecule has 0 unspecified atom stereocenters. The second-order valence-corrected chi connectivity index (χ2v) is 11.8. The number of benzene rings is 1. The minimum absolute atomic E-state index is 0.0557. The molecule has 2 amide bonds. The van der Waals surface area contributed by atoms with E-state index >= 15 is 0 Å². The molecule has 0 radical (unpaired) electrons. The Kier molecular flexibility index (Phi) is 7.66. The Morgan fingerprint density at radius 2 is 1.85 bits per heavy atom. The highest BCUT2D eigenvalue weighted by Crippen LogP contribution is 2.40. The number of carbonyl (C=O) groups excluding carboxylic acids is 2. The average molecular weight is 536 g/mol. The van der Waals surface area contributed by atoms with E-state index in [-0.39, 0.29) is 23.9 Å². The van der Waals surface area contributed by atoms with Crippen LogP contribution in [-0.2, 0) is 4.79 Å². The molecule has 39 heavy (non-hydrogen) atoms. The van der Waals surface area contributed by atoms with Gasteiger partial charge in [-0.3, -0.25) is 9.59 Å². The third-order valence-electron chi connectivity index (χ3n) is 8.42. The van der Waals surface area contributed by atoms with Gasteiger partial charge in [-0.1, -0.05) is 12.8 Å². The lowest BCUT2D eigenvalue weighted by Gasteiger charge is -2.34. The lowest BCUT2D eigenvalue weighted by atomic mass is 9.91. The number of carbonyl (C=O) groups is 2. The van der Waals surface area contributed by atoms with Crippen molar-refractivity contribution >= 4 is 35.0 Å². The predicted octanol–water partition coefficient (Wildman–Crippen LogP) is 3.98. The topological polar surface area (TPSA) is 126 Å². The summed E-state index contributed by atoms with van der Waals surface area (Å²) in [5, 5.41) is 6.41. The number of rotatable bonds is 6. The van der Waals surface area contributed by atoms with Crippen LogP contribution in [0.25, 0.3) is 0 Å². The van der Waals surface area contributed by atoms with Gasteiger partial charge < -0.3 is 30.9 Å². The molecule has 2 fully saturated rings. The van der Waals surface area contributed by atoms with E-state index in [2.05, 4.69) is 20.5 Å². The molecule has 2 saturated carbocycles. The summed E-state index contributed by atoms with van der Waals surface area (Å²) >= 11 is 0. The summed E-state index contributed by atoms with van der Waals surface area (Å²) in [6, 6.07) is 6.04. The molecule has 210 valence electrons. The molecule has 0 spiro atoms. The molecule has 1 aromatic heterocycles. The van der Waals surface area contributed by atoms with Crippen LogP contribution in [0.4, 0.5) is 23.1 Å². The molecule has 4 N–H and O–H groups in total. The first-order valence-corrected chi connectivity index (χ1v) is 14.1. The van der Waals surface area contributed by atoms with E-state index < -0.39 is 5.41 Å². The van der Waals surface area contributed by atoms with Crippen molar-refractivity contribution in [3.63, 3.8) is 0 Å². The highest BCUT2D eigenvalue weighted by molar-refractivity contribution is 6.01. The van der Waals surface area contributed by atoms with E-state index in [4.69, 9.17) is 15.5 Å². The molecule has 10 heteroatoms. The van der Waals surface area contributed by atoms with Crippen molar-refractivity contribution < 1.29 is 14.3 Å². The van der Waals surface area contributed by atoms with Gasteiger partial charge in [-0.15, -0.1) is 0 Å². The number of nitrogens with zero attached hydrogens (tertiary/aromatic N) is 4. The van der Waals surface area contributed by atoms with Gasteiger partial charge in [0.1, 0.15) is 11.4 Å². The van der Waals surface area contributed by atoms with Crippen LogP contribution in [0, 0.1) is 5.41 Å². The summed E-state index contributed by atoms with van der Waals surface area (Å²) in [6.45, 7) is 4.60. The van der Waals surface area contributed by atoms with Crippen molar-refractivity contribution in [2.24, 2.45) is 11.1 Å². The Labute approximate surface area is 230 Å². The monoisotopic (exact) mass is 535 g/mol. The molecular formula is C29H41N7O3. The highest BCUT2D eigenvalue weighted by atomic mass is 16.5. The molecule has 1 aliphatic heterocycles. The maximum atomic E-state index is 13.2. The fourth-order valence-corrected chi connectivity index (χ4v) is 6.11. The van der Waals surface area contributed by atoms with Gasteiger partial charge in [-0.05, 0) is 70.6 Å². The zero-order valence-corrected chi connectivity index (χ0v) is 23.5. The van der Waals surface area contributed by atoms with Crippen molar-refractivity contribution in [2.45, 2.75) is 83.3 Å². The Morgan fingerprint density at radius 1 is 1.13 bits per heavy atom. The Bertz CT molecular complexity index is 1220. The summed E-state index contributed by atoms with van der Waals surface area (Å²) in [5.74, 6) is 1.63. The van der Waals surface area contributed by atoms with E-state index in [0.717, 1.165) is 44.3 Å². The van der Waals surface area contributed by atoms with E-state index in [1.807, 2.05) is 19.9 Å². The van der Waals surface area contributed by atoms with Crippen LogP contribution < -0.4 is 30.9 Å². The lowest BCUT2D eigenvalue weighted by Crippen LogP contribution is -2.45. The molecule has 1 aromatic carbocycles. The molecule has 0 atom stereocenters. The van der Waals surface area contributed by atoms with Crippen LogP contribution in [0.2, 0.25) is 0 Å². The normalized spacial score (nSPS) is 23.3. The molecule has 10 nitrogen and oxygen atoms in total. The number of nitrogens with two attached hydrogens (primary N) is 1. The van der Waals surface area contributed by atoms with E-state index in [1.54, 1.807) is 37.4 Å². The van der Waals surface area contributed by atoms with Gasteiger partial charge in [0.2, 0.25) is 11.9 Å². The fraction of sp³-hybridized carbons (Fsp3) is 0.586. The number of fused-ring (bicyclic) bond motifs is 1. The number of ether oxygens (including phenoxy) is 1. The molecule has 2 aliphatic carbocycles. The first kappa shape index (κ1) is 27.2. The summed E-state index contributed by atoms with van der Waals surface area (Å²) in [4.78, 5) is 39.6. The van der Waals surface area contributed by atoms with Gasteiger partial charge in [0.05, 0.1) is 24.4 Å². The van der Waals surface area contributed by atoms with Crippen molar-refractivity contribution in [3.8, 4) is 5.75 Å². The number of anilines is 4. The number of hydrogen-bond donors (Lipinski definition) is 3. The lowest BCUT2D eigenvalue weighted by molar-refractivity contribution is -0.125. The number of methoxy groups -OCH3 is 1. The largest absolute Gasteiger partial charge is 0.495 e. The van der Waals surface area contributed by atoms with Gasteiger partial charge in [0.25, 0.3) is 5.91 Å². The third-order valence-corrected chi connectivity index (χ3v) is 8.42. The highest BCUT2D eigenvalue weighted by Gasteiger charge is 2.41. The predicted molar refractivity (Wildman–Crippen MR) is 153 cm³/mol. The Morgan fingerprint density at radius 3 is 2.54 bits per heavy atom. The molecule has 0 saturated heterocycles. The number of hydrogen-bond acceptors (Lipinski definition) is 8. The van der Waals surface area contributed by atoms with Crippen LogP contribution in [0.5, 0.6) is 5.75 Å². The summed E-state index contributed by atoms with van der Waals surface area (Å²) in [7, 11) is 3.37. The van der Waals surface area contributed by atoms with Gasteiger partial charge >= 0.3 is 0 Å². The Balaban J connectivity index is 1.39. The van der Waals surface area contributed by atoms with E-state index in [9.17, 15) is 9.59 Å². The van der Waals surface area contributed by atoms with E-state index in [0.29, 0.717) is 41.2 Å². The smallest absolute Gasteiger partial charge is 0.251 e. The summed E-state index contributed by atoms with van der Waals surface area (Å²) in [6.07, 6.45) is 9.91. The first-order valence-electron chi connectivity index (χ1n) is 14.1. The van der Waals surface area contributed by atoms with Gasteiger partial charge in [0, 0.05) is 37.3 Å². The number of amides is 2. The summed E-state index contributed by atoms with van der Waals surface area (Å²) in [5.41, 5.74) is 7.35. The average Bonchev–Trinajstić information content (AvgIpc) is 3.45. The van der Waals surface area contributed by atoms with E-state index in [1.165, 1.54) is 12.8 Å². The quantitative estimate of drug-likeness (QED) is 0.507. The van der Waals surface area contributed by atoms with Crippen LogP contribution in [0.1, 0.15) is 75.6 Å². The third kappa shape index (κ3) is 5.66. The zero-order valence-electron chi connectivity index (χ0n) is 23.5. The molecular weight excluding hydrogens is 494 g/mol. The van der Waals surface area contributed by atoms with Gasteiger partial charge in [-0.25, -0.2) is 4.98 Å². The molecule has 5 rings (SSSR count). The molecule has 2 heterocycles. The standard InChI is InChI=1S/C29H41N7O3/c1-29(2)17-36(21-7-5-6-8-21)25-23(35(3)27(29)38)16-31-28(34-25)33-22-14-9-18(15-24(22)39-4)26(37)32-20-12-10-19(30)11-13-20/h9,14-16,19-21H,5-8,10-13,17,30H2,1-4H3,(H,32,37)(H,31,33,34)/t19-,20-. The summed E-state index contributed by atoms with van der Waals surface area (Å²) < 4.78 is 5.63. The Hall–Kier alpha value is -3.40. The number of aromatic nitrogens is 2. The van der Waals surface area contributed by atoms with Crippen LogP contribution in [0.15, 0.2) is 24.4 Å². The van der Waals surface area contributed by atoms with Crippen molar-refractivity contribution in [1.82, 2.24) is 15.3 Å². The second kappa shape index (κ2) is 11.0. The van der Waals surface area contributed by atoms with Gasteiger partial charge in [-0.2, -0.15) is 4.98 Å². The molecule has 2 aromatic rings. The van der Waals surface area contributed by atoms with Crippen LogP contribution in [-0.4, -0.2) is 60.6 Å². The minimum Gasteiger partial charge on any atom is -0.495 e. The molecule has 0 bridgehead atoms. The first-order chi connectivity index (χ1) is 18.7. The second-order valence-electron chi connectivity index (χ2n) is 11.8. The maximum absolute atomic E-state index is 13.2. The fourth-order valence-electron chi connectivity index (χ4n) is 6.11. The van der Waals surface area contributed by atoms with Crippen LogP contribution >= 0.6 is 0 Å². The van der Waals surface area contributed by atoms with Crippen molar-refractivity contribution in [1.29, 1.82) is 0 Å². The van der Waals surface area contributed by atoms with Crippen molar-refractivity contribution in [3.05, 3.63) is 30.0 Å².